The lowest BCUT2D eigenvalue weighted by molar-refractivity contribution is 0.0938. The number of nitrogens with two attached hydrogens (primary N) is 1. The first kappa shape index (κ1) is 17.3. The lowest BCUT2D eigenvalue weighted by Crippen LogP contribution is -2.36. The van der Waals surface area contributed by atoms with E-state index in [0.29, 0.717) is 17.8 Å². The highest BCUT2D eigenvalue weighted by Crippen LogP contribution is 2.26. The summed E-state index contributed by atoms with van der Waals surface area (Å²) in [4.78, 5) is 14.9. The first-order valence-electron chi connectivity index (χ1n) is 8.69. The number of benzene rings is 2. The Morgan fingerprint density at radius 3 is 2.36 bits per heavy atom. The third kappa shape index (κ3) is 4.31. The second-order valence-electron chi connectivity index (χ2n) is 6.36. The maximum absolute atomic E-state index is 12.4. The maximum Gasteiger partial charge on any atom is 0.251 e. The minimum Gasteiger partial charge on any atom is -0.497 e. The van der Waals surface area contributed by atoms with E-state index in [2.05, 4.69) is 22.3 Å². The van der Waals surface area contributed by atoms with Crippen LogP contribution >= 0.6 is 0 Å². The van der Waals surface area contributed by atoms with Crippen molar-refractivity contribution in [3.63, 3.8) is 0 Å². The van der Waals surface area contributed by atoms with E-state index in [1.807, 2.05) is 12.1 Å². The maximum atomic E-state index is 12.4. The number of carbonyl (C=O) groups excluding carboxylic acids is 1. The van der Waals surface area contributed by atoms with E-state index in [-0.39, 0.29) is 11.9 Å². The predicted molar refractivity (Wildman–Crippen MR) is 99.7 cm³/mol. The highest BCUT2D eigenvalue weighted by molar-refractivity contribution is 5.94. The number of likely N-dealkylation sites (tertiary alicyclic amines) is 1. The van der Waals surface area contributed by atoms with Gasteiger partial charge in [0.15, 0.2) is 0 Å². The van der Waals surface area contributed by atoms with E-state index < -0.39 is 0 Å². The quantitative estimate of drug-likeness (QED) is 0.794. The summed E-state index contributed by atoms with van der Waals surface area (Å²) >= 11 is 0. The molecule has 0 bridgehead atoms. The number of rotatable bonds is 6. The fourth-order valence-corrected chi connectivity index (χ4v) is 3.26. The van der Waals surface area contributed by atoms with Gasteiger partial charge in [0.2, 0.25) is 0 Å². The van der Waals surface area contributed by atoms with Crippen molar-refractivity contribution in [2.45, 2.75) is 18.9 Å². The van der Waals surface area contributed by atoms with Gasteiger partial charge in [-0.1, -0.05) is 12.1 Å². The molecule has 132 valence electrons. The van der Waals surface area contributed by atoms with Gasteiger partial charge < -0.3 is 15.8 Å². The van der Waals surface area contributed by atoms with Crippen LogP contribution in [0.25, 0.3) is 0 Å². The Morgan fingerprint density at radius 2 is 1.76 bits per heavy atom. The van der Waals surface area contributed by atoms with Gasteiger partial charge in [0, 0.05) is 17.8 Å². The smallest absolute Gasteiger partial charge is 0.251 e. The van der Waals surface area contributed by atoms with Gasteiger partial charge in [-0.2, -0.15) is 0 Å². The van der Waals surface area contributed by atoms with Crippen LogP contribution in [0, 0.1) is 0 Å². The number of ether oxygens (including phenoxy) is 1. The van der Waals surface area contributed by atoms with Gasteiger partial charge in [-0.15, -0.1) is 0 Å². The average Bonchev–Trinajstić information content (AvgIpc) is 3.17. The van der Waals surface area contributed by atoms with Crippen LogP contribution in [0.4, 0.5) is 5.69 Å². The SMILES string of the molecule is COc1ccc(C(CNC(=O)c2ccc(N)cc2)N2CCCC2)cc1. The molecule has 3 rings (SSSR count). The molecule has 1 fully saturated rings. The summed E-state index contributed by atoms with van der Waals surface area (Å²) in [5, 5.41) is 3.07. The predicted octanol–water partition coefficient (Wildman–Crippen LogP) is 2.84. The number of hydrogen-bond acceptors (Lipinski definition) is 4. The highest BCUT2D eigenvalue weighted by atomic mass is 16.5. The van der Waals surface area contributed by atoms with E-state index >= 15 is 0 Å². The van der Waals surface area contributed by atoms with Crippen molar-refractivity contribution in [3.8, 4) is 5.75 Å². The van der Waals surface area contributed by atoms with Crippen molar-refractivity contribution in [1.29, 1.82) is 0 Å². The van der Waals surface area contributed by atoms with Crippen molar-refractivity contribution in [2.75, 3.05) is 32.5 Å². The van der Waals surface area contributed by atoms with Crippen LogP contribution in [0.5, 0.6) is 5.75 Å². The average molecular weight is 339 g/mol. The summed E-state index contributed by atoms with van der Waals surface area (Å²) < 4.78 is 5.25. The van der Waals surface area contributed by atoms with E-state index in [1.165, 1.54) is 18.4 Å². The van der Waals surface area contributed by atoms with Crippen molar-refractivity contribution in [1.82, 2.24) is 10.2 Å². The molecule has 0 aromatic heterocycles. The molecule has 25 heavy (non-hydrogen) atoms. The van der Waals surface area contributed by atoms with Crippen molar-refractivity contribution >= 4 is 11.6 Å². The summed E-state index contributed by atoms with van der Waals surface area (Å²) in [5.41, 5.74) is 8.16. The number of nitrogens with one attached hydrogen (secondary N) is 1. The highest BCUT2D eigenvalue weighted by Gasteiger charge is 2.24. The number of anilines is 1. The molecule has 2 aromatic rings. The number of methoxy groups -OCH3 is 1. The monoisotopic (exact) mass is 339 g/mol. The Bertz CT molecular complexity index is 692. The van der Waals surface area contributed by atoms with Crippen molar-refractivity contribution in [3.05, 3.63) is 59.7 Å². The fourth-order valence-electron chi connectivity index (χ4n) is 3.26. The molecule has 3 N–H and O–H groups in total. The number of nitrogen functional groups attached to an aromatic ring is 1. The molecule has 1 aliphatic rings. The molecule has 0 aliphatic carbocycles. The molecule has 1 unspecified atom stereocenters. The first-order valence-corrected chi connectivity index (χ1v) is 8.69. The molecule has 1 atom stereocenters. The summed E-state index contributed by atoms with van der Waals surface area (Å²) in [5.74, 6) is 0.771. The lowest BCUT2D eigenvalue weighted by atomic mass is 10.0. The van der Waals surface area contributed by atoms with Crippen molar-refractivity contribution in [2.24, 2.45) is 0 Å². The van der Waals surface area contributed by atoms with E-state index in [9.17, 15) is 4.79 Å². The molecule has 5 nitrogen and oxygen atoms in total. The molecule has 1 saturated heterocycles. The van der Waals surface area contributed by atoms with Crippen LogP contribution < -0.4 is 15.8 Å². The number of carbonyl (C=O) groups is 1. The number of hydrogen-bond donors (Lipinski definition) is 2. The van der Waals surface area contributed by atoms with Crippen LogP contribution in [-0.2, 0) is 0 Å². The van der Waals surface area contributed by atoms with Crippen molar-refractivity contribution < 1.29 is 9.53 Å². The largest absolute Gasteiger partial charge is 0.497 e. The standard InChI is InChI=1S/C20H25N3O2/c1-25-18-10-6-15(7-11-18)19(23-12-2-3-13-23)14-22-20(24)16-4-8-17(21)9-5-16/h4-11,19H,2-3,12-14,21H2,1H3,(H,22,24). The fraction of sp³-hybridized carbons (Fsp3) is 0.350. The normalized spacial score (nSPS) is 15.7. The molecule has 1 heterocycles. The Kier molecular flexibility index (Phi) is 5.56. The third-order valence-electron chi connectivity index (χ3n) is 4.71. The zero-order chi connectivity index (χ0) is 17.6. The zero-order valence-electron chi connectivity index (χ0n) is 14.6. The van der Waals surface area contributed by atoms with Gasteiger partial charge in [-0.05, 0) is 67.9 Å². The van der Waals surface area contributed by atoms with Crippen LogP contribution in [0.2, 0.25) is 0 Å². The number of nitrogens with zero attached hydrogens (tertiary/aromatic N) is 1. The molecule has 0 saturated carbocycles. The van der Waals surface area contributed by atoms with Crippen LogP contribution in [0.3, 0.4) is 0 Å². The van der Waals surface area contributed by atoms with Crippen LogP contribution in [-0.4, -0.2) is 37.6 Å². The molecule has 0 spiro atoms. The van der Waals surface area contributed by atoms with Gasteiger partial charge in [-0.25, -0.2) is 0 Å². The summed E-state index contributed by atoms with van der Waals surface area (Å²) in [6.45, 7) is 2.71. The topological polar surface area (TPSA) is 67.6 Å². The van der Waals surface area contributed by atoms with Gasteiger partial charge in [0.1, 0.15) is 5.75 Å². The van der Waals surface area contributed by atoms with Gasteiger partial charge in [0.05, 0.1) is 13.2 Å². The molecule has 1 aliphatic heterocycles. The van der Waals surface area contributed by atoms with E-state index in [4.69, 9.17) is 10.5 Å². The first-order chi connectivity index (χ1) is 12.2. The van der Waals surface area contributed by atoms with Gasteiger partial charge >= 0.3 is 0 Å². The summed E-state index contributed by atoms with van der Waals surface area (Å²) in [6, 6.07) is 15.3. The molecule has 1 amide bonds. The molecular weight excluding hydrogens is 314 g/mol. The van der Waals surface area contributed by atoms with Crippen LogP contribution in [0.15, 0.2) is 48.5 Å². The summed E-state index contributed by atoms with van der Waals surface area (Å²) in [6.07, 6.45) is 2.41. The lowest BCUT2D eigenvalue weighted by Gasteiger charge is -2.28. The van der Waals surface area contributed by atoms with E-state index in [1.54, 1.807) is 31.4 Å². The zero-order valence-corrected chi connectivity index (χ0v) is 14.6. The molecule has 2 aromatic carbocycles. The second kappa shape index (κ2) is 8.03. The second-order valence-corrected chi connectivity index (χ2v) is 6.36. The Labute approximate surface area is 148 Å². The molecule has 0 radical (unpaired) electrons. The van der Waals surface area contributed by atoms with E-state index in [0.717, 1.165) is 18.8 Å². The van der Waals surface area contributed by atoms with Crippen LogP contribution in [0.1, 0.15) is 34.8 Å². The third-order valence-corrected chi connectivity index (χ3v) is 4.71. The van der Waals surface area contributed by atoms with Gasteiger partial charge in [0.25, 0.3) is 5.91 Å². The minimum atomic E-state index is -0.0716. The minimum absolute atomic E-state index is 0.0716. The Balaban J connectivity index is 1.70. The molecule has 5 heteroatoms. The summed E-state index contributed by atoms with van der Waals surface area (Å²) in [7, 11) is 1.67. The Morgan fingerprint density at radius 1 is 1.12 bits per heavy atom. The van der Waals surface area contributed by atoms with Gasteiger partial charge in [-0.3, -0.25) is 9.69 Å². The number of amides is 1. The molecular formula is C20H25N3O2. The Hall–Kier alpha value is -2.53.